The summed E-state index contributed by atoms with van der Waals surface area (Å²) < 4.78 is 17.1. The van der Waals surface area contributed by atoms with E-state index < -0.39 is 0 Å². The van der Waals surface area contributed by atoms with Gasteiger partial charge < -0.3 is 19.3 Å². The maximum Gasteiger partial charge on any atom is 0.181 e. The zero-order valence-electron chi connectivity index (χ0n) is 23.2. The molecular formula is C36H22N6O2. The predicted octanol–water partition coefficient (Wildman–Crippen LogP) is 9.29. The number of anilines is 6. The third kappa shape index (κ3) is 3.11. The van der Waals surface area contributed by atoms with Gasteiger partial charge in [-0.2, -0.15) is 0 Å². The first-order valence-electron chi connectivity index (χ1n) is 14.4. The third-order valence-corrected chi connectivity index (χ3v) is 8.42. The predicted molar refractivity (Wildman–Crippen MR) is 171 cm³/mol. The van der Waals surface area contributed by atoms with E-state index >= 15 is 0 Å². The smallest absolute Gasteiger partial charge is 0.181 e. The van der Waals surface area contributed by atoms with Crippen LogP contribution in [0, 0.1) is 0 Å². The molecule has 0 aliphatic carbocycles. The maximum atomic E-state index is 6.42. The van der Waals surface area contributed by atoms with Gasteiger partial charge >= 0.3 is 0 Å². The molecule has 0 fully saturated rings. The second kappa shape index (κ2) is 8.62. The normalized spacial score (nSPS) is 13.3. The molecule has 0 unspecified atom stereocenters. The number of imidazole rings is 2. The molecule has 0 amide bonds. The number of rotatable bonds is 2. The van der Waals surface area contributed by atoms with Crippen LogP contribution in [0.15, 0.2) is 134 Å². The van der Waals surface area contributed by atoms with E-state index in [1.165, 1.54) is 0 Å². The summed E-state index contributed by atoms with van der Waals surface area (Å²) in [7, 11) is 0. The van der Waals surface area contributed by atoms with Crippen molar-refractivity contribution in [3.63, 3.8) is 0 Å². The molecule has 8 heteroatoms. The standard InChI is InChI=1S/C36H22N6O2/c1-5-13-31-23(9-1)41(24-10-2-6-14-32(24)43-31)29-21-27-28(40-20-18-38-36(40)35-37-17-19-39(27)35)22-30(29)42-25-11-3-7-15-33(25)44-34-16-8-4-12-26(34)42/h1-22H. The van der Waals surface area contributed by atoms with Gasteiger partial charge in [0.1, 0.15) is 0 Å². The number of nitrogens with zero attached hydrogens (tertiary/aromatic N) is 6. The monoisotopic (exact) mass is 570 g/mol. The Kier molecular flexibility index (Phi) is 4.57. The van der Waals surface area contributed by atoms with Gasteiger partial charge in [-0.15, -0.1) is 0 Å². The summed E-state index contributed by atoms with van der Waals surface area (Å²) in [5.74, 6) is 3.16. The molecule has 8 nitrogen and oxygen atoms in total. The van der Waals surface area contributed by atoms with Gasteiger partial charge in [-0.25, -0.2) is 9.97 Å². The first-order chi connectivity index (χ1) is 21.8. The summed E-state index contributed by atoms with van der Waals surface area (Å²) in [6, 6.07) is 37.2. The van der Waals surface area contributed by atoms with Gasteiger partial charge in [0.15, 0.2) is 34.3 Å². The highest BCUT2D eigenvalue weighted by molar-refractivity contribution is 6.02. The van der Waals surface area contributed by atoms with E-state index in [4.69, 9.17) is 9.47 Å². The molecule has 3 aromatic heterocycles. The van der Waals surface area contributed by atoms with Crippen molar-refractivity contribution in [1.82, 2.24) is 18.8 Å². The van der Waals surface area contributed by atoms with Crippen LogP contribution in [0.25, 0.3) is 22.3 Å². The van der Waals surface area contributed by atoms with Gasteiger partial charge in [-0.05, 0) is 60.7 Å². The zero-order chi connectivity index (χ0) is 28.8. The Labute approximate surface area is 251 Å². The minimum absolute atomic E-state index is 0.790. The van der Waals surface area contributed by atoms with Crippen molar-refractivity contribution in [2.24, 2.45) is 0 Å². The van der Waals surface area contributed by atoms with Crippen molar-refractivity contribution >= 4 is 56.5 Å². The zero-order valence-corrected chi connectivity index (χ0v) is 23.2. The van der Waals surface area contributed by atoms with E-state index in [1.807, 2.05) is 97.6 Å². The van der Waals surface area contributed by atoms with Gasteiger partial charge in [0.2, 0.25) is 0 Å². The SMILES string of the molecule is c1ccc2c(c1)Oc1ccccc1N2c1cc2c(cc1N1c3ccccc3Oc3ccccc31)n1ccnc1c1nccn21. The van der Waals surface area contributed by atoms with Gasteiger partial charge in [0, 0.05) is 24.8 Å². The highest BCUT2D eigenvalue weighted by atomic mass is 16.5. The van der Waals surface area contributed by atoms with Crippen molar-refractivity contribution < 1.29 is 9.47 Å². The lowest BCUT2D eigenvalue weighted by atomic mass is 10.1. The van der Waals surface area contributed by atoms with E-state index in [0.29, 0.717) is 0 Å². The average Bonchev–Trinajstić information content (AvgIpc) is 3.76. The van der Waals surface area contributed by atoms with Gasteiger partial charge in [0.25, 0.3) is 0 Å². The van der Waals surface area contributed by atoms with Crippen LogP contribution in [0.1, 0.15) is 0 Å². The highest BCUT2D eigenvalue weighted by Crippen LogP contribution is 2.57. The molecule has 2 aliphatic heterocycles. The number of hydrogen-bond acceptors (Lipinski definition) is 6. The summed E-state index contributed by atoms with van der Waals surface area (Å²) in [4.78, 5) is 13.9. The Hall–Kier alpha value is -6.28. The van der Waals surface area contributed by atoms with Gasteiger partial charge in [0.05, 0.1) is 45.2 Å². The van der Waals surface area contributed by atoms with Crippen LogP contribution < -0.4 is 19.3 Å². The van der Waals surface area contributed by atoms with Crippen molar-refractivity contribution in [1.29, 1.82) is 0 Å². The van der Waals surface area contributed by atoms with E-state index in [0.717, 1.165) is 79.5 Å². The van der Waals surface area contributed by atoms with E-state index in [9.17, 15) is 0 Å². The molecule has 0 radical (unpaired) electrons. The van der Waals surface area contributed by atoms with Gasteiger partial charge in [-0.1, -0.05) is 48.5 Å². The summed E-state index contributed by atoms with van der Waals surface area (Å²) in [5.41, 5.74) is 9.34. The molecule has 0 N–H and O–H groups in total. The number of fused-ring (bicyclic) bond motifs is 10. The fraction of sp³-hybridized carbons (Fsp3) is 0. The molecular weight excluding hydrogens is 548 g/mol. The average molecular weight is 571 g/mol. The van der Waals surface area contributed by atoms with Crippen molar-refractivity contribution in [3.05, 3.63) is 134 Å². The molecule has 5 aromatic carbocycles. The van der Waals surface area contributed by atoms with Crippen LogP contribution in [-0.4, -0.2) is 18.8 Å². The summed E-state index contributed by atoms with van der Waals surface area (Å²) >= 11 is 0. The largest absolute Gasteiger partial charge is 0.453 e. The molecule has 208 valence electrons. The fourth-order valence-corrected chi connectivity index (χ4v) is 6.55. The molecule has 44 heavy (non-hydrogen) atoms. The Morgan fingerprint density at radius 2 is 0.750 bits per heavy atom. The van der Waals surface area contributed by atoms with Crippen LogP contribution in [0.5, 0.6) is 23.0 Å². The van der Waals surface area contributed by atoms with Crippen molar-refractivity contribution in [3.8, 4) is 23.0 Å². The number of ether oxygens (including phenoxy) is 2. The number of hydrogen-bond donors (Lipinski definition) is 0. The molecule has 0 spiro atoms. The van der Waals surface area contributed by atoms with Crippen molar-refractivity contribution in [2.45, 2.75) is 0 Å². The van der Waals surface area contributed by atoms with E-state index in [2.05, 4.69) is 65.0 Å². The van der Waals surface area contributed by atoms with E-state index in [-0.39, 0.29) is 0 Å². The van der Waals surface area contributed by atoms with Crippen molar-refractivity contribution in [2.75, 3.05) is 9.80 Å². The number of benzene rings is 5. The van der Waals surface area contributed by atoms with Crippen LogP contribution >= 0.6 is 0 Å². The minimum Gasteiger partial charge on any atom is -0.453 e. The maximum absolute atomic E-state index is 6.42. The molecule has 0 saturated carbocycles. The molecule has 2 aliphatic rings. The second-order valence-electron chi connectivity index (χ2n) is 10.8. The van der Waals surface area contributed by atoms with E-state index in [1.54, 1.807) is 0 Å². The van der Waals surface area contributed by atoms with Crippen LogP contribution in [0.2, 0.25) is 0 Å². The molecule has 5 heterocycles. The van der Waals surface area contributed by atoms with Gasteiger partial charge in [-0.3, -0.25) is 8.80 Å². The molecule has 10 rings (SSSR count). The second-order valence-corrected chi connectivity index (χ2v) is 10.8. The van der Waals surface area contributed by atoms with Crippen LogP contribution in [0.4, 0.5) is 34.1 Å². The quantitative estimate of drug-likeness (QED) is 0.206. The lowest BCUT2D eigenvalue weighted by molar-refractivity contribution is 0.476. The first kappa shape index (κ1) is 23.3. The molecule has 8 aromatic rings. The van der Waals surface area contributed by atoms with Crippen LogP contribution in [-0.2, 0) is 0 Å². The number of para-hydroxylation sites is 8. The Morgan fingerprint density at radius 3 is 1.11 bits per heavy atom. The molecule has 0 saturated heterocycles. The Morgan fingerprint density at radius 1 is 0.409 bits per heavy atom. The number of aromatic nitrogens is 4. The summed E-state index contributed by atoms with van der Waals surface area (Å²) in [6.45, 7) is 0. The topological polar surface area (TPSA) is 59.5 Å². The minimum atomic E-state index is 0.790. The summed E-state index contributed by atoms with van der Waals surface area (Å²) in [6.07, 6.45) is 7.64. The third-order valence-electron chi connectivity index (χ3n) is 8.42. The Balaban J connectivity index is 1.38. The summed E-state index contributed by atoms with van der Waals surface area (Å²) in [5, 5.41) is 0. The lowest BCUT2D eigenvalue weighted by Gasteiger charge is -2.38. The highest BCUT2D eigenvalue weighted by Gasteiger charge is 2.33. The van der Waals surface area contributed by atoms with Crippen LogP contribution in [0.3, 0.4) is 0 Å². The lowest BCUT2D eigenvalue weighted by Crippen LogP contribution is -2.21. The fourth-order valence-electron chi connectivity index (χ4n) is 6.55. The molecule has 0 bridgehead atoms. The molecule has 0 atom stereocenters. The first-order valence-corrected chi connectivity index (χ1v) is 14.4. The Bertz CT molecular complexity index is 2180.